The Hall–Kier alpha value is -3.29. The van der Waals surface area contributed by atoms with Crippen LogP contribution in [0.3, 0.4) is 0 Å². The van der Waals surface area contributed by atoms with Crippen molar-refractivity contribution in [3.8, 4) is 5.75 Å². The van der Waals surface area contributed by atoms with E-state index in [2.05, 4.69) is 0 Å². The third-order valence-corrected chi connectivity index (χ3v) is 6.46. The van der Waals surface area contributed by atoms with Crippen LogP contribution in [0, 0.1) is 0 Å². The Morgan fingerprint density at radius 1 is 1.03 bits per heavy atom. The van der Waals surface area contributed by atoms with E-state index >= 15 is 0 Å². The largest absolute Gasteiger partial charge is 0.487 e. The predicted molar refractivity (Wildman–Crippen MR) is 121 cm³/mol. The summed E-state index contributed by atoms with van der Waals surface area (Å²) < 4.78 is 11.5. The van der Waals surface area contributed by atoms with Gasteiger partial charge in [0.1, 0.15) is 11.9 Å². The quantitative estimate of drug-likeness (QED) is 0.370. The first-order valence-corrected chi connectivity index (χ1v) is 11.0. The second kappa shape index (κ2) is 7.39. The highest BCUT2D eigenvalue weighted by molar-refractivity contribution is 6.11. The lowest BCUT2D eigenvalue weighted by atomic mass is 9.94. The summed E-state index contributed by atoms with van der Waals surface area (Å²) in [5.41, 5.74) is 4.36. The Bertz CT molecular complexity index is 1380. The Morgan fingerprint density at radius 3 is 2.59 bits per heavy atom. The molecular weight excluding hydrogens is 406 g/mol. The van der Waals surface area contributed by atoms with Crippen LogP contribution in [0.2, 0.25) is 0 Å². The Balaban J connectivity index is 1.56. The molecule has 1 aromatic heterocycles. The average molecular weight is 429 g/mol. The monoisotopic (exact) mass is 429 g/mol. The van der Waals surface area contributed by atoms with Gasteiger partial charge >= 0.3 is 0 Å². The zero-order chi connectivity index (χ0) is 21.8. The number of aromatic nitrogens is 2. The fourth-order valence-electron chi connectivity index (χ4n) is 4.66. The highest BCUT2D eigenvalue weighted by Crippen LogP contribution is 2.41. The van der Waals surface area contributed by atoms with E-state index in [0.717, 1.165) is 33.1 Å². The van der Waals surface area contributed by atoms with Crippen LogP contribution in [0.25, 0.3) is 32.8 Å². The first-order chi connectivity index (χ1) is 15.6. The van der Waals surface area contributed by atoms with E-state index in [0.29, 0.717) is 49.3 Å². The average Bonchev–Trinajstić information content (AvgIpc) is 2.84. The zero-order valence-corrected chi connectivity index (χ0v) is 17.7. The van der Waals surface area contributed by atoms with E-state index in [1.54, 1.807) is 0 Å². The maximum Gasteiger partial charge on any atom is 0.254 e. The predicted octanol–water partition coefficient (Wildman–Crippen LogP) is 3.09. The van der Waals surface area contributed by atoms with Gasteiger partial charge in [-0.15, -0.1) is 0 Å². The molecule has 0 aliphatic carbocycles. The maximum absolute atomic E-state index is 13.0. The lowest BCUT2D eigenvalue weighted by Gasteiger charge is -2.30. The van der Waals surface area contributed by atoms with E-state index in [-0.39, 0.29) is 12.0 Å². The molecule has 4 aromatic rings. The third-order valence-electron chi connectivity index (χ3n) is 6.46. The second-order valence-corrected chi connectivity index (χ2v) is 8.48. The number of fused-ring (bicyclic) bond motifs is 7. The number of carbonyl (C=O) groups is 1. The maximum atomic E-state index is 13.0. The molecule has 2 aliphatic rings. The van der Waals surface area contributed by atoms with Gasteiger partial charge in [-0.2, -0.15) is 0 Å². The molecule has 1 saturated heterocycles. The number of amides is 1. The number of ether oxygens (including phenoxy) is 2. The third kappa shape index (κ3) is 3.00. The van der Waals surface area contributed by atoms with Crippen molar-refractivity contribution in [2.75, 3.05) is 26.3 Å². The Labute approximate surface area is 184 Å². The molecule has 2 atom stereocenters. The van der Waals surface area contributed by atoms with Gasteiger partial charge in [0, 0.05) is 41.4 Å². The summed E-state index contributed by atoms with van der Waals surface area (Å²) in [6, 6.07) is 13.5. The van der Waals surface area contributed by atoms with E-state index in [9.17, 15) is 9.90 Å². The minimum absolute atomic E-state index is 0.0158. The van der Waals surface area contributed by atoms with Crippen molar-refractivity contribution in [3.63, 3.8) is 0 Å². The van der Waals surface area contributed by atoms with E-state index in [1.807, 2.05) is 54.3 Å². The van der Waals surface area contributed by atoms with Crippen LogP contribution in [0.15, 0.2) is 42.5 Å². The smallest absolute Gasteiger partial charge is 0.254 e. The number of rotatable bonds is 1. The van der Waals surface area contributed by atoms with Crippen molar-refractivity contribution in [1.29, 1.82) is 0 Å². The van der Waals surface area contributed by atoms with Crippen molar-refractivity contribution in [3.05, 3.63) is 53.6 Å². The summed E-state index contributed by atoms with van der Waals surface area (Å²) in [5.74, 6) is 0.761. The SMILES string of the molecule is CC1Oc2c(c3nc4ccc(C(=O)N5CCOCC5)cc4nc3c3ccccc23)CC1O. The number of aliphatic hydroxyl groups is 1. The minimum atomic E-state index is -0.599. The zero-order valence-electron chi connectivity index (χ0n) is 17.7. The molecule has 162 valence electrons. The van der Waals surface area contributed by atoms with Gasteiger partial charge < -0.3 is 19.5 Å². The molecule has 2 unspecified atom stereocenters. The van der Waals surface area contributed by atoms with Crippen molar-refractivity contribution in [1.82, 2.24) is 14.9 Å². The van der Waals surface area contributed by atoms with Crippen molar-refractivity contribution in [2.45, 2.75) is 25.6 Å². The molecule has 3 heterocycles. The summed E-state index contributed by atoms with van der Waals surface area (Å²) >= 11 is 0. The highest BCUT2D eigenvalue weighted by atomic mass is 16.5. The first-order valence-electron chi connectivity index (χ1n) is 11.0. The molecule has 0 saturated carbocycles. The summed E-state index contributed by atoms with van der Waals surface area (Å²) in [5, 5.41) is 12.4. The van der Waals surface area contributed by atoms with Gasteiger partial charge in [-0.05, 0) is 25.1 Å². The topological polar surface area (TPSA) is 84.8 Å². The van der Waals surface area contributed by atoms with Gasteiger partial charge in [-0.1, -0.05) is 24.3 Å². The van der Waals surface area contributed by atoms with Gasteiger partial charge in [0.25, 0.3) is 5.91 Å². The highest BCUT2D eigenvalue weighted by Gasteiger charge is 2.30. The van der Waals surface area contributed by atoms with Gasteiger partial charge in [-0.3, -0.25) is 4.79 Å². The molecule has 1 fully saturated rings. The number of nitrogens with zero attached hydrogens (tertiary/aromatic N) is 3. The molecule has 6 rings (SSSR count). The lowest BCUT2D eigenvalue weighted by Crippen LogP contribution is -2.40. The van der Waals surface area contributed by atoms with Gasteiger partial charge in [-0.25, -0.2) is 9.97 Å². The van der Waals surface area contributed by atoms with Crippen LogP contribution in [0.5, 0.6) is 5.75 Å². The molecule has 0 spiro atoms. The number of hydrogen-bond donors (Lipinski definition) is 1. The fourth-order valence-corrected chi connectivity index (χ4v) is 4.66. The summed E-state index contributed by atoms with van der Waals surface area (Å²) in [6.45, 7) is 4.20. The Kier molecular flexibility index (Phi) is 4.48. The number of carbonyl (C=O) groups excluding carboxylic acids is 1. The summed E-state index contributed by atoms with van der Waals surface area (Å²) in [7, 11) is 0. The van der Waals surface area contributed by atoms with Crippen molar-refractivity contribution < 1.29 is 19.4 Å². The van der Waals surface area contributed by atoms with Crippen LogP contribution in [-0.2, 0) is 11.2 Å². The molecule has 0 bridgehead atoms. The van der Waals surface area contributed by atoms with Crippen LogP contribution in [-0.4, -0.2) is 64.4 Å². The van der Waals surface area contributed by atoms with E-state index in [4.69, 9.17) is 19.4 Å². The molecule has 1 N–H and O–H groups in total. The number of benzene rings is 3. The lowest BCUT2D eigenvalue weighted by molar-refractivity contribution is 0.0303. The van der Waals surface area contributed by atoms with E-state index < -0.39 is 6.10 Å². The first kappa shape index (κ1) is 19.4. The van der Waals surface area contributed by atoms with Gasteiger partial charge in [0.15, 0.2) is 0 Å². The standard InChI is InChI=1S/C25H23N3O4/c1-14-21(29)13-18-23-22(16-4-2-3-5-17(16)24(18)32-14)27-20-12-15(6-7-19(20)26-23)25(30)28-8-10-31-11-9-28/h2-7,12,14,21,29H,8-11,13H2,1H3. The van der Waals surface area contributed by atoms with Crippen LogP contribution in [0.4, 0.5) is 0 Å². The van der Waals surface area contributed by atoms with Crippen LogP contribution in [0.1, 0.15) is 22.8 Å². The number of aliphatic hydroxyl groups excluding tert-OH is 1. The number of hydrogen-bond acceptors (Lipinski definition) is 6. The summed E-state index contributed by atoms with van der Waals surface area (Å²) in [6.07, 6.45) is -0.422. The molecule has 32 heavy (non-hydrogen) atoms. The molecule has 3 aromatic carbocycles. The Morgan fingerprint density at radius 2 is 1.78 bits per heavy atom. The van der Waals surface area contributed by atoms with Crippen molar-refractivity contribution >= 4 is 38.7 Å². The van der Waals surface area contributed by atoms with Gasteiger partial charge in [0.2, 0.25) is 0 Å². The molecule has 2 aliphatic heterocycles. The summed E-state index contributed by atoms with van der Waals surface area (Å²) in [4.78, 5) is 24.6. The molecule has 7 nitrogen and oxygen atoms in total. The van der Waals surface area contributed by atoms with Crippen molar-refractivity contribution in [2.24, 2.45) is 0 Å². The minimum Gasteiger partial charge on any atom is -0.487 e. The van der Waals surface area contributed by atoms with Crippen LogP contribution < -0.4 is 4.74 Å². The normalized spacial score (nSPS) is 21.0. The van der Waals surface area contributed by atoms with Gasteiger partial charge in [0.05, 0.1) is 41.4 Å². The van der Waals surface area contributed by atoms with Crippen LogP contribution >= 0.6 is 0 Å². The molecular formula is C25H23N3O4. The molecule has 7 heteroatoms. The number of morpholine rings is 1. The molecule has 0 radical (unpaired) electrons. The van der Waals surface area contributed by atoms with E-state index in [1.165, 1.54) is 0 Å². The molecule has 1 amide bonds. The second-order valence-electron chi connectivity index (χ2n) is 8.48. The fraction of sp³-hybridized carbons (Fsp3) is 0.320.